The van der Waals surface area contributed by atoms with E-state index in [1.54, 1.807) is 20.3 Å². The van der Waals surface area contributed by atoms with E-state index in [1.807, 2.05) is 0 Å². The molecule has 1 aliphatic rings. The molecule has 6 nitrogen and oxygen atoms in total. The van der Waals surface area contributed by atoms with E-state index in [0.29, 0.717) is 23.8 Å². The number of aromatic nitrogens is 2. The lowest BCUT2D eigenvalue weighted by Crippen LogP contribution is -2.34. The van der Waals surface area contributed by atoms with Crippen LogP contribution in [0.25, 0.3) is 0 Å². The molecule has 0 amide bonds. The van der Waals surface area contributed by atoms with Crippen molar-refractivity contribution in [3.8, 4) is 11.8 Å². The number of likely N-dealkylation sites (N-methyl/N-ethyl adjacent to an activating group) is 1. The standard InChI is InChI=1S/C13H22N4O2/c1-4-17-7-5-6-10(17)9-14-13-15-11(18-2)8-12(16-13)19-3/h8,10H,4-7,9H2,1-3H3,(H,14,15,16). The Morgan fingerprint density at radius 2 is 2.00 bits per heavy atom. The molecule has 0 radical (unpaired) electrons. The molecule has 19 heavy (non-hydrogen) atoms. The Bertz CT molecular complexity index is 391. The lowest BCUT2D eigenvalue weighted by molar-refractivity contribution is 0.276. The fraction of sp³-hybridized carbons (Fsp3) is 0.692. The molecule has 0 spiro atoms. The van der Waals surface area contributed by atoms with Crippen LogP contribution in [-0.4, -0.2) is 54.8 Å². The van der Waals surface area contributed by atoms with Gasteiger partial charge in [0.2, 0.25) is 17.7 Å². The predicted octanol–water partition coefficient (Wildman–Crippen LogP) is 1.39. The number of hydrogen-bond acceptors (Lipinski definition) is 6. The van der Waals surface area contributed by atoms with Crippen molar-refractivity contribution < 1.29 is 9.47 Å². The van der Waals surface area contributed by atoms with Gasteiger partial charge in [-0.05, 0) is 25.9 Å². The van der Waals surface area contributed by atoms with Crippen LogP contribution < -0.4 is 14.8 Å². The molecular weight excluding hydrogens is 244 g/mol. The van der Waals surface area contributed by atoms with Gasteiger partial charge in [-0.3, -0.25) is 4.90 Å². The van der Waals surface area contributed by atoms with E-state index in [2.05, 4.69) is 27.1 Å². The molecule has 0 aromatic carbocycles. The topological polar surface area (TPSA) is 59.5 Å². The minimum absolute atomic E-state index is 0.508. The third kappa shape index (κ3) is 3.47. The maximum atomic E-state index is 5.13. The average molecular weight is 266 g/mol. The van der Waals surface area contributed by atoms with Gasteiger partial charge in [0.25, 0.3) is 0 Å². The summed E-state index contributed by atoms with van der Waals surface area (Å²) in [6.45, 7) is 5.33. The highest BCUT2D eigenvalue weighted by atomic mass is 16.5. The van der Waals surface area contributed by atoms with Gasteiger partial charge in [-0.15, -0.1) is 0 Å². The van der Waals surface area contributed by atoms with E-state index in [4.69, 9.17) is 9.47 Å². The SMILES string of the molecule is CCN1CCCC1CNc1nc(OC)cc(OC)n1. The van der Waals surface area contributed by atoms with Gasteiger partial charge in [-0.25, -0.2) is 0 Å². The van der Waals surface area contributed by atoms with Crippen LogP contribution in [0, 0.1) is 0 Å². The first kappa shape index (κ1) is 13.9. The molecule has 2 heterocycles. The number of nitrogens with one attached hydrogen (secondary N) is 1. The lowest BCUT2D eigenvalue weighted by atomic mass is 10.2. The fourth-order valence-corrected chi connectivity index (χ4v) is 2.44. The highest BCUT2D eigenvalue weighted by Crippen LogP contribution is 2.19. The van der Waals surface area contributed by atoms with E-state index in [9.17, 15) is 0 Å². The van der Waals surface area contributed by atoms with Crippen molar-refractivity contribution in [2.75, 3.05) is 39.2 Å². The Morgan fingerprint density at radius 1 is 1.32 bits per heavy atom. The van der Waals surface area contributed by atoms with Crippen molar-refractivity contribution in [3.63, 3.8) is 0 Å². The summed E-state index contributed by atoms with van der Waals surface area (Å²) in [5.74, 6) is 1.57. The van der Waals surface area contributed by atoms with Crippen LogP contribution in [0.2, 0.25) is 0 Å². The minimum Gasteiger partial charge on any atom is -0.481 e. The van der Waals surface area contributed by atoms with Gasteiger partial charge in [0.15, 0.2) is 0 Å². The van der Waals surface area contributed by atoms with Gasteiger partial charge in [-0.1, -0.05) is 6.92 Å². The number of nitrogens with zero attached hydrogens (tertiary/aromatic N) is 3. The zero-order chi connectivity index (χ0) is 13.7. The molecule has 106 valence electrons. The molecule has 1 aliphatic heterocycles. The smallest absolute Gasteiger partial charge is 0.229 e. The first-order valence-electron chi connectivity index (χ1n) is 6.71. The third-order valence-electron chi connectivity index (χ3n) is 3.50. The summed E-state index contributed by atoms with van der Waals surface area (Å²) >= 11 is 0. The van der Waals surface area contributed by atoms with Crippen LogP contribution in [0.4, 0.5) is 5.95 Å². The monoisotopic (exact) mass is 266 g/mol. The van der Waals surface area contributed by atoms with Gasteiger partial charge >= 0.3 is 0 Å². The van der Waals surface area contributed by atoms with Crippen LogP contribution in [0.3, 0.4) is 0 Å². The number of methoxy groups -OCH3 is 2. The second kappa shape index (κ2) is 6.56. The quantitative estimate of drug-likeness (QED) is 0.839. The van der Waals surface area contributed by atoms with Gasteiger partial charge in [-0.2, -0.15) is 9.97 Å². The second-order valence-corrected chi connectivity index (χ2v) is 4.58. The summed E-state index contributed by atoms with van der Waals surface area (Å²) in [5.41, 5.74) is 0. The summed E-state index contributed by atoms with van der Waals surface area (Å²) in [6, 6.07) is 2.23. The normalized spacial score (nSPS) is 19.4. The van der Waals surface area contributed by atoms with E-state index in [1.165, 1.54) is 19.4 Å². The molecule has 0 aliphatic carbocycles. The number of likely N-dealkylation sites (tertiary alicyclic amines) is 1. The van der Waals surface area contributed by atoms with Crippen LogP contribution in [0.5, 0.6) is 11.8 Å². The molecule has 1 unspecified atom stereocenters. The Balaban J connectivity index is 1.98. The van der Waals surface area contributed by atoms with Crippen molar-refractivity contribution in [3.05, 3.63) is 6.07 Å². The van der Waals surface area contributed by atoms with Crippen LogP contribution in [0.1, 0.15) is 19.8 Å². The molecule has 0 bridgehead atoms. The van der Waals surface area contributed by atoms with E-state index < -0.39 is 0 Å². The molecule has 1 saturated heterocycles. The maximum Gasteiger partial charge on any atom is 0.229 e. The van der Waals surface area contributed by atoms with Crippen LogP contribution in [0.15, 0.2) is 6.07 Å². The van der Waals surface area contributed by atoms with Crippen LogP contribution >= 0.6 is 0 Å². The maximum absolute atomic E-state index is 5.13. The third-order valence-corrected chi connectivity index (χ3v) is 3.50. The first-order chi connectivity index (χ1) is 9.26. The molecule has 1 atom stereocenters. The first-order valence-corrected chi connectivity index (χ1v) is 6.71. The van der Waals surface area contributed by atoms with Gasteiger partial charge < -0.3 is 14.8 Å². The van der Waals surface area contributed by atoms with Gasteiger partial charge in [0, 0.05) is 12.6 Å². The highest BCUT2D eigenvalue weighted by molar-refractivity contribution is 5.33. The fourth-order valence-electron chi connectivity index (χ4n) is 2.44. The number of anilines is 1. The van der Waals surface area contributed by atoms with Crippen LogP contribution in [-0.2, 0) is 0 Å². The minimum atomic E-state index is 0.508. The Hall–Kier alpha value is -1.56. The zero-order valence-corrected chi connectivity index (χ0v) is 11.8. The van der Waals surface area contributed by atoms with Crippen molar-refractivity contribution in [1.29, 1.82) is 0 Å². The summed E-state index contributed by atoms with van der Waals surface area (Å²) in [7, 11) is 3.17. The van der Waals surface area contributed by atoms with Crippen molar-refractivity contribution in [2.24, 2.45) is 0 Å². The molecule has 1 aromatic heterocycles. The van der Waals surface area contributed by atoms with Crippen molar-refractivity contribution in [2.45, 2.75) is 25.8 Å². The Morgan fingerprint density at radius 3 is 2.58 bits per heavy atom. The lowest BCUT2D eigenvalue weighted by Gasteiger charge is -2.22. The molecule has 1 fully saturated rings. The molecular formula is C13H22N4O2. The summed E-state index contributed by atoms with van der Waals surface area (Å²) < 4.78 is 10.3. The van der Waals surface area contributed by atoms with E-state index >= 15 is 0 Å². The van der Waals surface area contributed by atoms with Crippen molar-refractivity contribution in [1.82, 2.24) is 14.9 Å². The van der Waals surface area contributed by atoms with Gasteiger partial charge in [0.05, 0.1) is 20.3 Å². The number of hydrogen-bond donors (Lipinski definition) is 1. The van der Waals surface area contributed by atoms with E-state index in [-0.39, 0.29) is 0 Å². The molecule has 6 heteroatoms. The second-order valence-electron chi connectivity index (χ2n) is 4.58. The molecule has 1 aromatic rings. The van der Waals surface area contributed by atoms with E-state index in [0.717, 1.165) is 13.1 Å². The summed E-state index contributed by atoms with van der Waals surface area (Å²) in [4.78, 5) is 11.0. The highest BCUT2D eigenvalue weighted by Gasteiger charge is 2.22. The Labute approximate surface area is 114 Å². The van der Waals surface area contributed by atoms with Gasteiger partial charge in [0.1, 0.15) is 0 Å². The summed E-state index contributed by atoms with van der Waals surface area (Å²) in [6.07, 6.45) is 2.49. The molecule has 2 rings (SSSR count). The van der Waals surface area contributed by atoms with Crippen molar-refractivity contribution >= 4 is 5.95 Å². The largest absolute Gasteiger partial charge is 0.481 e. The summed E-state index contributed by atoms with van der Waals surface area (Å²) in [5, 5.41) is 3.28. The number of rotatable bonds is 6. The molecule has 0 saturated carbocycles. The molecule has 1 N–H and O–H groups in total. The predicted molar refractivity (Wildman–Crippen MR) is 73.9 cm³/mol. The number of ether oxygens (including phenoxy) is 2. The average Bonchev–Trinajstić information content (AvgIpc) is 2.92. The zero-order valence-electron chi connectivity index (χ0n) is 11.8. The Kier molecular flexibility index (Phi) is 4.79.